The highest BCUT2D eigenvalue weighted by Gasteiger charge is 2.16. The first-order valence-corrected chi connectivity index (χ1v) is 4.50. The molecular formula is C10H15N2O3+. The molecule has 5 nitrogen and oxygen atoms in total. The van der Waals surface area contributed by atoms with Crippen molar-refractivity contribution in [3.63, 3.8) is 0 Å². The first kappa shape index (κ1) is 11.3. The standard InChI is InChI=1S/C10H15N2O3/c1-8-7-9(14-4)5-6-12(8)15-10(13)11(2)3/h5-7H,1-4H3/q+1. The van der Waals surface area contributed by atoms with E-state index in [1.54, 1.807) is 39.5 Å². The predicted molar refractivity (Wildman–Crippen MR) is 53.6 cm³/mol. The van der Waals surface area contributed by atoms with E-state index in [4.69, 9.17) is 9.57 Å². The molecule has 0 N–H and O–H groups in total. The Balaban J connectivity index is 2.83. The van der Waals surface area contributed by atoms with Crippen molar-refractivity contribution in [2.24, 2.45) is 0 Å². The fourth-order valence-corrected chi connectivity index (χ4v) is 0.972. The molecule has 0 aliphatic heterocycles. The third-order valence-electron chi connectivity index (χ3n) is 1.85. The summed E-state index contributed by atoms with van der Waals surface area (Å²) in [6, 6.07) is 3.50. The minimum Gasteiger partial charge on any atom is -0.496 e. The Hall–Kier alpha value is -1.78. The second-order valence-corrected chi connectivity index (χ2v) is 3.29. The third-order valence-corrected chi connectivity index (χ3v) is 1.85. The first-order chi connectivity index (χ1) is 7.04. The number of carbonyl (C=O) groups excluding carboxylic acids is 1. The number of ether oxygens (including phenoxy) is 1. The van der Waals surface area contributed by atoms with Crippen LogP contribution in [-0.4, -0.2) is 32.2 Å². The lowest BCUT2D eigenvalue weighted by molar-refractivity contribution is -0.873. The number of nitrogens with zero attached hydrogens (tertiary/aromatic N) is 2. The highest BCUT2D eigenvalue weighted by molar-refractivity contribution is 5.66. The van der Waals surface area contributed by atoms with Crippen LogP contribution < -0.4 is 14.3 Å². The van der Waals surface area contributed by atoms with Crippen LogP contribution in [0.4, 0.5) is 4.79 Å². The summed E-state index contributed by atoms with van der Waals surface area (Å²) in [4.78, 5) is 17.7. The highest BCUT2D eigenvalue weighted by Crippen LogP contribution is 2.07. The van der Waals surface area contributed by atoms with Gasteiger partial charge in [0.05, 0.1) is 13.2 Å². The van der Waals surface area contributed by atoms with Crippen LogP contribution in [0, 0.1) is 6.92 Å². The molecule has 1 aromatic rings. The van der Waals surface area contributed by atoms with E-state index in [9.17, 15) is 4.79 Å². The molecule has 0 atom stereocenters. The number of hydrogen-bond donors (Lipinski definition) is 0. The Morgan fingerprint density at radius 2 is 2.13 bits per heavy atom. The molecule has 0 saturated carbocycles. The van der Waals surface area contributed by atoms with Gasteiger partial charge in [0.15, 0.2) is 0 Å². The number of hydrogen-bond acceptors (Lipinski definition) is 3. The van der Waals surface area contributed by atoms with E-state index in [1.165, 1.54) is 9.63 Å². The summed E-state index contributed by atoms with van der Waals surface area (Å²) in [5, 5.41) is 0. The summed E-state index contributed by atoms with van der Waals surface area (Å²) < 4.78 is 6.43. The van der Waals surface area contributed by atoms with Gasteiger partial charge in [0.1, 0.15) is 5.75 Å². The van der Waals surface area contributed by atoms with Gasteiger partial charge in [0.25, 0.3) is 0 Å². The van der Waals surface area contributed by atoms with Gasteiger partial charge in [-0.15, -0.1) is 0 Å². The molecule has 0 spiro atoms. The molecule has 82 valence electrons. The van der Waals surface area contributed by atoms with Crippen LogP contribution in [0.1, 0.15) is 5.69 Å². The highest BCUT2D eigenvalue weighted by atomic mass is 16.7. The maximum Gasteiger partial charge on any atom is 0.477 e. The molecule has 0 aliphatic rings. The molecule has 0 bridgehead atoms. The van der Waals surface area contributed by atoms with Gasteiger partial charge in [-0.05, 0) is 0 Å². The zero-order valence-electron chi connectivity index (χ0n) is 9.35. The van der Waals surface area contributed by atoms with Crippen LogP contribution >= 0.6 is 0 Å². The SMILES string of the molecule is COc1cc[n+](OC(=O)N(C)C)c(C)c1. The number of rotatable bonds is 2. The van der Waals surface area contributed by atoms with Gasteiger partial charge < -0.3 is 9.64 Å². The quantitative estimate of drug-likeness (QED) is 0.665. The Morgan fingerprint density at radius 1 is 1.47 bits per heavy atom. The fourth-order valence-electron chi connectivity index (χ4n) is 0.972. The van der Waals surface area contributed by atoms with Crippen molar-refractivity contribution in [2.75, 3.05) is 21.2 Å². The number of methoxy groups -OCH3 is 1. The van der Waals surface area contributed by atoms with Crippen molar-refractivity contribution >= 4 is 6.09 Å². The number of aryl methyl sites for hydroxylation is 1. The molecular weight excluding hydrogens is 196 g/mol. The van der Waals surface area contributed by atoms with Crippen molar-refractivity contribution in [3.8, 4) is 5.75 Å². The molecule has 0 fully saturated rings. The number of amides is 1. The van der Waals surface area contributed by atoms with Crippen molar-refractivity contribution < 1.29 is 19.1 Å². The first-order valence-electron chi connectivity index (χ1n) is 4.50. The monoisotopic (exact) mass is 211 g/mol. The minimum atomic E-state index is -0.423. The van der Waals surface area contributed by atoms with Gasteiger partial charge in [0.2, 0.25) is 11.9 Å². The molecule has 0 radical (unpaired) electrons. The molecule has 0 unspecified atom stereocenters. The van der Waals surface area contributed by atoms with Crippen molar-refractivity contribution in [2.45, 2.75) is 6.92 Å². The van der Waals surface area contributed by atoms with Crippen molar-refractivity contribution in [3.05, 3.63) is 24.0 Å². The molecule has 1 aromatic heterocycles. The lowest BCUT2D eigenvalue weighted by atomic mass is 10.3. The van der Waals surface area contributed by atoms with Gasteiger partial charge in [-0.2, -0.15) is 4.84 Å². The van der Waals surface area contributed by atoms with Gasteiger partial charge in [-0.3, -0.25) is 0 Å². The predicted octanol–water partition coefficient (Wildman–Crippen LogP) is 0.401. The Bertz CT molecular complexity index is 364. The number of aromatic nitrogens is 1. The summed E-state index contributed by atoms with van der Waals surface area (Å²) in [5.74, 6) is 0.727. The summed E-state index contributed by atoms with van der Waals surface area (Å²) in [7, 11) is 4.84. The van der Waals surface area contributed by atoms with E-state index < -0.39 is 6.09 Å². The van der Waals surface area contributed by atoms with E-state index in [1.807, 2.05) is 6.92 Å². The summed E-state index contributed by atoms with van der Waals surface area (Å²) in [5.41, 5.74) is 0.782. The lowest BCUT2D eigenvalue weighted by Crippen LogP contribution is -2.50. The van der Waals surface area contributed by atoms with E-state index in [0.29, 0.717) is 0 Å². The molecule has 15 heavy (non-hydrogen) atoms. The summed E-state index contributed by atoms with van der Waals surface area (Å²) in [6.07, 6.45) is 1.21. The molecule has 0 aromatic carbocycles. The van der Waals surface area contributed by atoms with Gasteiger partial charge in [-0.25, -0.2) is 4.79 Å². The Morgan fingerprint density at radius 3 is 2.60 bits per heavy atom. The van der Waals surface area contributed by atoms with Crippen molar-refractivity contribution in [1.29, 1.82) is 0 Å². The van der Waals surface area contributed by atoms with E-state index in [0.717, 1.165) is 11.4 Å². The Kier molecular flexibility index (Phi) is 3.49. The van der Waals surface area contributed by atoms with Crippen LogP contribution in [0.2, 0.25) is 0 Å². The molecule has 1 rings (SSSR count). The van der Waals surface area contributed by atoms with E-state index in [-0.39, 0.29) is 0 Å². The normalized spacial score (nSPS) is 9.60. The van der Waals surface area contributed by atoms with E-state index in [2.05, 4.69) is 0 Å². The summed E-state index contributed by atoms with van der Waals surface area (Å²) >= 11 is 0. The fraction of sp³-hybridized carbons (Fsp3) is 0.400. The average Bonchev–Trinajstić information content (AvgIpc) is 2.20. The second kappa shape index (κ2) is 4.63. The molecule has 1 amide bonds. The zero-order valence-corrected chi connectivity index (χ0v) is 9.35. The molecule has 0 aliphatic carbocycles. The molecule has 5 heteroatoms. The van der Waals surface area contributed by atoms with Crippen LogP contribution in [0.25, 0.3) is 0 Å². The minimum absolute atomic E-state index is 0.423. The maximum atomic E-state index is 11.3. The zero-order chi connectivity index (χ0) is 11.4. The van der Waals surface area contributed by atoms with Crippen LogP contribution in [0.3, 0.4) is 0 Å². The van der Waals surface area contributed by atoms with Crippen LogP contribution in [0.5, 0.6) is 5.75 Å². The molecule has 1 heterocycles. The van der Waals surface area contributed by atoms with E-state index >= 15 is 0 Å². The van der Waals surface area contributed by atoms with Crippen LogP contribution in [0.15, 0.2) is 18.3 Å². The van der Waals surface area contributed by atoms with Crippen LogP contribution in [-0.2, 0) is 0 Å². The topological polar surface area (TPSA) is 42.6 Å². The summed E-state index contributed by atoms with van der Waals surface area (Å²) in [6.45, 7) is 1.82. The number of carbonyl (C=O) groups is 1. The number of pyridine rings is 1. The largest absolute Gasteiger partial charge is 0.496 e. The van der Waals surface area contributed by atoms with Gasteiger partial charge in [0, 0.05) is 31.8 Å². The molecule has 0 saturated heterocycles. The van der Waals surface area contributed by atoms with Gasteiger partial charge >= 0.3 is 6.09 Å². The van der Waals surface area contributed by atoms with Gasteiger partial charge in [-0.1, -0.05) is 0 Å². The smallest absolute Gasteiger partial charge is 0.477 e. The lowest BCUT2D eigenvalue weighted by Gasteiger charge is -2.06. The second-order valence-electron chi connectivity index (χ2n) is 3.29. The van der Waals surface area contributed by atoms with Crippen molar-refractivity contribution in [1.82, 2.24) is 4.90 Å². The maximum absolute atomic E-state index is 11.3. The Labute approximate surface area is 88.8 Å². The third kappa shape index (κ3) is 2.83. The average molecular weight is 211 g/mol.